The molecule has 2 amide bonds. The first kappa shape index (κ1) is 21.1. The normalized spacial score (nSPS) is 24.8. The quantitative estimate of drug-likeness (QED) is 0.711. The molecule has 1 saturated carbocycles. The highest BCUT2D eigenvalue weighted by molar-refractivity contribution is 5.95. The number of aromatic hydroxyl groups is 1. The molecule has 4 rings (SSSR count). The largest absolute Gasteiger partial charge is 0.508 e. The topological polar surface area (TPSA) is 82.1 Å². The second-order valence-corrected chi connectivity index (χ2v) is 8.93. The molecule has 0 unspecified atom stereocenters. The highest BCUT2D eigenvalue weighted by Crippen LogP contribution is 2.35. The molecule has 7 nitrogen and oxygen atoms in total. The number of phenols is 1. The van der Waals surface area contributed by atoms with Crippen LogP contribution in [0.5, 0.6) is 5.75 Å². The number of carbonyl (C=O) groups excluding carboxylic acids is 2. The average Bonchev–Trinajstić information content (AvgIpc) is 3.48. The van der Waals surface area contributed by atoms with Gasteiger partial charge < -0.3 is 20.1 Å². The Morgan fingerprint density at radius 1 is 1.13 bits per heavy atom. The van der Waals surface area contributed by atoms with Gasteiger partial charge in [-0.25, -0.2) is 0 Å². The minimum Gasteiger partial charge on any atom is -0.508 e. The lowest BCUT2D eigenvalue weighted by Crippen LogP contribution is -2.47. The molecule has 2 atom stereocenters. The molecule has 0 bridgehead atoms. The van der Waals surface area contributed by atoms with Crippen LogP contribution in [0.4, 0.5) is 0 Å². The number of benzene rings is 1. The van der Waals surface area contributed by atoms with Crippen molar-refractivity contribution in [2.75, 3.05) is 39.4 Å². The molecular formula is C23H33N3O4. The monoisotopic (exact) mass is 415 g/mol. The summed E-state index contributed by atoms with van der Waals surface area (Å²) in [5, 5.41) is 12.7. The Labute approximate surface area is 178 Å². The highest BCUT2D eigenvalue weighted by atomic mass is 16.5. The fourth-order valence-corrected chi connectivity index (χ4v) is 4.70. The highest BCUT2D eigenvalue weighted by Gasteiger charge is 2.38. The van der Waals surface area contributed by atoms with Gasteiger partial charge in [0.2, 0.25) is 5.91 Å². The van der Waals surface area contributed by atoms with Gasteiger partial charge in [0, 0.05) is 50.2 Å². The van der Waals surface area contributed by atoms with Crippen molar-refractivity contribution in [3.05, 3.63) is 29.3 Å². The molecule has 164 valence electrons. The maximum absolute atomic E-state index is 12.8. The van der Waals surface area contributed by atoms with Crippen LogP contribution < -0.4 is 5.32 Å². The Morgan fingerprint density at radius 3 is 2.57 bits per heavy atom. The third-order valence-corrected chi connectivity index (χ3v) is 6.66. The first-order valence-electron chi connectivity index (χ1n) is 11.2. The van der Waals surface area contributed by atoms with E-state index in [1.807, 2.05) is 11.8 Å². The van der Waals surface area contributed by atoms with E-state index < -0.39 is 0 Å². The molecule has 3 aliphatic rings. The van der Waals surface area contributed by atoms with Crippen molar-refractivity contribution >= 4 is 11.8 Å². The zero-order valence-corrected chi connectivity index (χ0v) is 17.8. The molecule has 7 heteroatoms. The van der Waals surface area contributed by atoms with Gasteiger partial charge in [0.15, 0.2) is 0 Å². The zero-order valence-electron chi connectivity index (χ0n) is 17.8. The van der Waals surface area contributed by atoms with Crippen LogP contribution in [0.3, 0.4) is 0 Å². The van der Waals surface area contributed by atoms with Gasteiger partial charge in [0.1, 0.15) is 5.75 Å². The summed E-state index contributed by atoms with van der Waals surface area (Å²) < 4.78 is 5.37. The second-order valence-electron chi connectivity index (χ2n) is 8.93. The smallest absolute Gasteiger partial charge is 0.251 e. The summed E-state index contributed by atoms with van der Waals surface area (Å²) in [6, 6.07) is 5.36. The molecule has 2 saturated heterocycles. The Balaban J connectivity index is 1.35. The number of nitrogens with one attached hydrogen (secondary N) is 1. The van der Waals surface area contributed by atoms with Gasteiger partial charge in [-0.2, -0.15) is 0 Å². The fraction of sp³-hybridized carbons (Fsp3) is 0.652. The molecule has 0 radical (unpaired) electrons. The van der Waals surface area contributed by atoms with Crippen molar-refractivity contribution in [3.8, 4) is 5.75 Å². The molecular weight excluding hydrogens is 382 g/mol. The SMILES string of the molecule is Cc1cc(O)ccc1C(=O)NC[C@@H]1CC[C@H](CC(=O)N2CCOCC2)N1CC1CC1. The third kappa shape index (κ3) is 5.13. The number of nitrogens with zero attached hydrogens (tertiary/aromatic N) is 2. The molecule has 1 aliphatic carbocycles. The van der Waals surface area contributed by atoms with E-state index in [2.05, 4.69) is 10.2 Å². The maximum atomic E-state index is 12.8. The van der Waals surface area contributed by atoms with Gasteiger partial charge in [-0.3, -0.25) is 14.5 Å². The van der Waals surface area contributed by atoms with E-state index in [4.69, 9.17) is 4.74 Å². The average molecular weight is 416 g/mol. The van der Waals surface area contributed by atoms with Gasteiger partial charge in [0.25, 0.3) is 5.91 Å². The number of morpholine rings is 1. The van der Waals surface area contributed by atoms with Gasteiger partial charge >= 0.3 is 0 Å². The summed E-state index contributed by atoms with van der Waals surface area (Å²) in [6.07, 6.45) is 5.11. The predicted octanol–water partition coefficient (Wildman–Crippen LogP) is 1.92. The molecule has 3 fully saturated rings. The molecule has 0 spiro atoms. The molecule has 1 aromatic carbocycles. The van der Waals surface area contributed by atoms with Crippen LogP contribution in [0.15, 0.2) is 18.2 Å². The van der Waals surface area contributed by atoms with Crippen LogP contribution in [-0.4, -0.2) is 78.2 Å². The number of ether oxygens (including phenoxy) is 1. The standard InChI is InChI=1S/C23H33N3O4/c1-16-12-20(27)6-7-21(16)23(29)24-14-19-5-4-18(26(19)15-17-2-3-17)13-22(28)25-8-10-30-11-9-25/h6-7,12,17-19,27H,2-5,8-11,13-15H2,1H3,(H,24,29)/t18-,19+/m1/s1. The Morgan fingerprint density at radius 2 is 1.87 bits per heavy atom. The minimum atomic E-state index is -0.105. The van der Waals surface area contributed by atoms with Gasteiger partial charge in [-0.15, -0.1) is 0 Å². The van der Waals surface area contributed by atoms with E-state index >= 15 is 0 Å². The van der Waals surface area contributed by atoms with E-state index in [1.54, 1.807) is 18.2 Å². The Hall–Kier alpha value is -2.12. The van der Waals surface area contributed by atoms with Crippen LogP contribution in [0, 0.1) is 12.8 Å². The molecule has 0 aromatic heterocycles. The van der Waals surface area contributed by atoms with E-state index in [1.165, 1.54) is 12.8 Å². The minimum absolute atomic E-state index is 0.105. The van der Waals surface area contributed by atoms with Crippen LogP contribution in [0.25, 0.3) is 0 Å². The lowest BCUT2D eigenvalue weighted by Gasteiger charge is -2.33. The van der Waals surface area contributed by atoms with E-state index in [0.29, 0.717) is 44.8 Å². The zero-order chi connectivity index (χ0) is 21.1. The molecule has 2 heterocycles. The van der Waals surface area contributed by atoms with Crippen molar-refractivity contribution in [1.82, 2.24) is 15.1 Å². The number of hydrogen-bond donors (Lipinski definition) is 2. The van der Waals surface area contributed by atoms with Crippen molar-refractivity contribution < 1.29 is 19.4 Å². The van der Waals surface area contributed by atoms with E-state index in [-0.39, 0.29) is 29.6 Å². The van der Waals surface area contributed by atoms with Crippen LogP contribution in [-0.2, 0) is 9.53 Å². The number of carbonyl (C=O) groups is 2. The molecule has 2 N–H and O–H groups in total. The predicted molar refractivity (Wildman–Crippen MR) is 113 cm³/mol. The first-order chi connectivity index (χ1) is 14.5. The summed E-state index contributed by atoms with van der Waals surface area (Å²) in [7, 11) is 0. The number of aryl methyl sites for hydroxylation is 1. The summed E-state index contributed by atoms with van der Waals surface area (Å²) in [5.41, 5.74) is 1.36. The van der Waals surface area contributed by atoms with Crippen LogP contribution in [0.2, 0.25) is 0 Å². The molecule has 2 aliphatic heterocycles. The molecule has 1 aromatic rings. The number of phenolic OH excluding ortho intramolecular Hbond substituents is 1. The van der Waals surface area contributed by atoms with Gasteiger partial charge in [-0.1, -0.05) is 0 Å². The number of rotatable bonds is 7. The van der Waals surface area contributed by atoms with E-state index in [0.717, 1.165) is 30.9 Å². The third-order valence-electron chi connectivity index (χ3n) is 6.66. The van der Waals surface area contributed by atoms with Crippen LogP contribution in [0.1, 0.15) is 48.0 Å². The van der Waals surface area contributed by atoms with Crippen molar-refractivity contribution in [3.63, 3.8) is 0 Å². The lowest BCUT2D eigenvalue weighted by atomic mass is 10.1. The number of likely N-dealkylation sites (tertiary alicyclic amines) is 1. The van der Waals surface area contributed by atoms with E-state index in [9.17, 15) is 14.7 Å². The van der Waals surface area contributed by atoms with Crippen molar-refractivity contribution in [1.29, 1.82) is 0 Å². The van der Waals surface area contributed by atoms with Crippen molar-refractivity contribution in [2.24, 2.45) is 5.92 Å². The Bertz CT molecular complexity index is 774. The summed E-state index contributed by atoms with van der Waals surface area (Å²) >= 11 is 0. The lowest BCUT2D eigenvalue weighted by molar-refractivity contribution is -0.136. The summed E-state index contributed by atoms with van der Waals surface area (Å²) in [6.45, 7) is 6.10. The Kier molecular flexibility index (Phi) is 6.58. The molecule has 30 heavy (non-hydrogen) atoms. The van der Waals surface area contributed by atoms with Crippen molar-refractivity contribution in [2.45, 2.75) is 51.1 Å². The van der Waals surface area contributed by atoms with Gasteiger partial charge in [-0.05, 0) is 62.3 Å². The van der Waals surface area contributed by atoms with Crippen LogP contribution >= 0.6 is 0 Å². The second kappa shape index (κ2) is 9.35. The number of amides is 2. The summed E-state index contributed by atoms with van der Waals surface area (Å²) in [5.74, 6) is 1.03. The summed E-state index contributed by atoms with van der Waals surface area (Å²) in [4.78, 5) is 29.9. The number of hydrogen-bond acceptors (Lipinski definition) is 5. The van der Waals surface area contributed by atoms with Gasteiger partial charge in [0.05, 0.1) is 13.2 Å². The first-order valence-corrected chi connectivity index (χ1v) is 11.2. The maximum Gasteiger partial charge on any atom is 0.251 e. The fourth-order valence-electron chi connectivity index (χ4n) is 4.70.